The summed E-state index contributed by atoms with van der Waals surface area (Å²) in [4.78, 5) is 24.0. The van der Waals surface area contributed by atoms with E-state index in [1.54, 1.807) is 17.3 Å². The molecule has 0 radical (unpaired) electrons. The molecule has 1 aliphatic heterocycles. The molecule has 7 heteroatoms. The van der Waals surface area contributed by atoms with Crippen LogP contribution in [0.25, 0.3) is 10.3 Å². The molecule has 0 aromatic carbocycles. The number of nitrogens with zero attached hydrogens (tertiary/aromatic N) is 3. The molecule has 0 saturated carbocycles. The number of amides is 1. The maximum Gasteiger partial charge on any atom is 0.266 e. The lowest BCUT2D eigenvalue weighted by Gasteiger charge is -2.35. The molecule has 2 aromatic heterocycles. The molecule has 1 aliphatic rings. The van der Waals surface area contributed by atoms with Crippen molar-refractivity contribution in [3.8, 4) is 0 Å². The van der Waals surface area contributed by atoms with Gasteiger partial charge in [0.25, 0.3) is 5.91 Å². The van der Waals surface area contributed by atoms with Crippen molar-refractivity contribution < 1.29 is 9.53 Å². The van der Waals surface area contributed by atoms with Crippen molar-refractivity contribution in [2.45, 2.75) is 26.1 Å². The van der Waals surface area contributed by atoms with E-state index in [0.29, 0.717) is 34.0 Å². The van der Waals surface area contributed by atoms with Crippen LogP contribution in [-0.4, -0.2) is 46.1 Å². The smallest absolute Gasteiger partial charge is 0.266 e. The Hall–Kier alpha value is -1.73. The second kappa shape index (κ2) is 4.99. The first kappa shape index (κ1) is 13.3. The van der Waals surface area contributed by atoms with Crippen LogP contribution in [0.1, 0.15) is 23.5 Å². The van der Waals surface area contributed by atoms with Crippen molar-refractivity contribution in [3.05, 3.63) is 17.3 Å². The summed E-state index contributed by atoms with van der Waals surface area (Å²) in [5.74, 6) is -0.0608. The molecule has 2 atom stereocenters. The predicted octanol–water partition coefficient (Wildman–Crippen LogP) is 1.52. The lowest BCUT2D eigenvalue weighted by Crippen LogP contribution is -2.48. The number of morpholine rings is 1. The SMILES string of the molecule is CC1CN(C(=O)c2sc3nccnc3c2N)CC(C)O1. The van der Waals surface area contributed by atoms with Crippen LogP contribution in [-0.2, 0) is 4.74 Å². The molecule has 3 rings (SSSR count). The quantitative estimate of drug-likeness (QED) is 0.862. The first-order valence-electron chi connectivity index (χ1n) is 6.50. The van der Waals surface area contributed by atoms with E-state index in [9.17, 15) is 4.79 Å². The van der Waals surface area contributed by atoms with Gasteiger partial charge in [0.15, 0.2) is 0 Å². The molecule has 3 heterocycles. The summed E-state index contributed by atoms with van der Waals surface area (Å²) in [5.41, 5.74) is 7.08. The van der Waals surface area contributed by atoms with Crippen LogP contribution < -0.4 is 5.73 Å². The molecule has 1 amide bonds. The number of anilines is 1. The summed E-state index contributed by atoms with van der Waals surface area (Å²) >= 11 is 1.30. The topological polar surface area (TPSA) is 81.3 Å². The van der Waals surface area contributed by atoms with Gasteiger partial charge in [-0.05, 0) is 13.8 Å². The highest BCUT2D eigenvalue weighted by molar-refractivity contribution is 7.21. The number of ether oxygens (including phenoxy) is 1. The third kappa shape index (κ3) is 2.23. The predicted molar refractivity (Wildman–Crippen MR) is 77.7 cm³/mol. The lowest BCUT2D eigenvalue weighted by molar-refractivity contribution is -0.0584. The van der Waals surface area contributed by atoms with Gasteiger partial charge in [0.05, 0.1) is 17.9 Å². The average molecular weight is 292 g/mol. The zero-order valence-corrected chi connectivity index (χ0v) is 12.2. The summed E-state index contributed by atoms with van der Waals surface area (Å²) in [6.07, 6.45) is 3.26. The summed E-state index contributed by atoms with van der Waals surface area (Å²) < 4.78 is 5.65. The molecule has 0 bridgehead atoms. The highest BCUT2D eigenvalue weighted by atomic mass is 32.1. The number of carbonyl (C=O) groups excluding carboxylic acids is 1. The van der Waals surface area contributed by atoms with Crippen LogP contribution in [0.4, 0.5) is 5.69 Å². The van der Waals surface area contributed by atoms with Crippen LogP contribution in [0.3, 0.4) is 0 Å². The summed E-state index contributed by atoms with van der Waals surface area (Å²) in [6.45, 7) is 5.09. The van der Waals surface area contributed by atoms with E-state index in [0.717, 1.165) is 0 Å². The van der Waals surface area contributed by atoms with Gasteiger partial charge in [-0.15, -0.1) is 11.3 Å². The Labute approximate surface area is 120 Å². The number of fused-ring (bicyclic) bond motifs is 1. The van der Waals surface area contributed by atoms with Crippen molar-refractivity contribution in [3.63, 3.8) is 0 Å². The molecule has 2 aromatic rings. The van der Waals surface area contributed by atoms with Gasteiger partial charge in [0.2, 0.25) is 0 Å². The summed E-state index contributed by atoms with van der Waals surface area (Å²) in [5, 5.41) is 0. The number of aromatic nitrogens is 2. The van der Waals surface area contributed by atoms with Gasteiger partial charge < -0.3 is 15.4 Å². The summed E-state index contributed by atoms with van der Waals surface area (Å²) in [6, 6.07) is 0. The van der Waals surface area contributed by atoms with E-state index in [2.05, 4.69) is 9.97 Å². The fraction of sp³-hybridized carbons (Fsp3) is 0.462. The highest BCUT2D eigenvalue weighted by Crippen LogP contribution is 2.32. The fourth-order valence-corrected chi connectivity index (χ4v) is 3.48. The van der Waals surface area contributed by atoms with Crippen LogP contribution in [0.15, 0.2) is 12.4 Å². The fourth-order valence-electron chi connectivity index (χ4n) is 2.49. The molecule has 20 heavy (non-hydrogen) atoms. The molecular weight excluding hydrogens is 276 g/mol. The van der Waals surface area contributed by atoms with Gasteiger partial charge >= 0.3 is 0 Å². The maximum absolute atomic E-state index is 12.6. The standard InChI is InChI=1S/C13H16N4O2S/c1-7-5-17(6-8(2)19-7)13(18)11-9(14)10-12(20-11)16-4-3-15-10/h3-4,7-8H,5-6,14H2,1-2H3. The lowest BCUT2D eigenvalue weighted by atomic mass is 10.2. The number of thiophene rings is 1. The molecule has 1 saturated heterocycles. The van der Waals surface area contributed by atoms with E-state index >= 15 is 0 Å². The van der Waals surface area contributed by atoms with Crippen molar-refractivity contribution >= 4 is 33.3 Å². The largest absolute Gasteiger partial charge is 0.396 e. The average Bonchev–Trinajstić information content (AvgIpc) is 2.75. The second-order valence-electron chi connectivity index (χ2n) is 5.02. The van der Waals surface area contributed by atoms with E-state index in [1.165, 1.54) is 11.3 Å². The van der Waals surface area contributed by atoms with Crippen molar-refractivity contribution in [1.29, 1.82) is 0 Å². The minimum absolute atomic E-state index is 0.0366. The zero-order chi connectivity index (χ0) is 14.3. The third-order valence-corrected chi connectivity index (χ3v) is 4.35. The van der Waals surface area contributed by atoms with Gasteiger partial charge in [-0.3, -0.25) is 4.79 Å². The van der Waals surface area contributed by atoms with Crippen LogP contribution in [0.2, 0.25) is 0 Å². The van der Waals surface area contributed by atoms with Gasteiger partial charge in [0.1, 0.15) is 15.2 Å². The maximum atomic E-state index is 12.6. The zero-order valence-electron chi connectivity index (χ0n) is 11.4. The molecular formula is C13H16N4O2S. The van der Waals surface area contributed by atoms with Crippen molar-refractivity contribution in [2.75, 3.05) is 18.8 Å². The first-order valence-corrected chi connectivity index (χ1v) is 7.31. The highest BCUT2D eigenvalue weighted by Gasteiger charge is 2.29. The van der Waals surface area contributed by atoms with Gasteiger partial charge in [-0.2, -0.15) is 0 Å². The molecule has 6 nitrogen and oxygen atoms in total. The van der Waals surface area contributed by atoms with Gasteiger partial charge in [0, 0.05) is 25.5 Å². The van der Waals surface area contributed by atoms with Crippen molar-refractivity contribution in [2.24, 2.45) is 0 Å². The Morgan fingerprint density at radius 3 is 2.65 bits per heavy atom. The molecule has 0 aliphatic carbocycles. The van der Waals surface area contributed by atoms with Gasteiger partial charge in [-0.1, -0.05) is 0 Å². The number of hydrogen-bond donors (Lipinski definition) is 1. The first-order chi connectivity index (χ1) is 9.56. The van der Waals surface area contributed by atoms with Gasteiger partial charge in [-0.25, -0.2) is 9.97 Å². The number of nitrogen functional groups attached to an aromatic ring is 1. The molecule has 2 N–H and O–H groups in total. The van der Waals surface area contributed by atoms with E-state index in [4.69, 9.17) is 10.5 Å². The molecule has 106 valence electrons. The summed E-state index contributed by atoms with van der Waals surface area (Å²) in [7, 11) is 0. The van der Waals surface area contributed by atoms with E-state index in [1.807, 2.05) is 13.8 Å². The Morgan fingerprint density at radius 2 is 2.00 bits per heavy atom. The normalized spacial score (nSPS) is 23.2. The number of nitrogens with two attached hydrogens (primary N) is 1. The monoisotopic (exact) mass is 292 g/mol. The molecule has 0 spiro atoms. The Balaban J connectivity index is 1.94. The van der Waals surface area contributed by atoms with E-state index < -0.39 is 0 Å². The molecule has 2 unspecified atom stereocenters. The minimum Gasteiger partial charge on any atom is -0.396 e. The third-order valence-electron chi connectivity index (χ3n) is 3.26. The molecule has 1 fully saturated rings. The number of carbonyl (C=O) groups is 1. The van der Waals surface area contributed by atoms with Crippen molar-refractivity contribution in [1.82, 2.24) is 14.9 Å². The number of rotatable bonds is 1. The number of hydrogen-bond acceptors (Lipinski definition) is 6. The van der Waals surface area contributed by atoms with E-state index in [-0.39, 0.29) is 18.1 Å². The van der Waals surface area contributed by atoms with Crippen LogP contribution in [0, 0.1) is 0 Å². The Morgan fingerprint density at radius 1 is 1.35 bits per heavy atom. The second-order valence-corrected chi connectivity index (χ2v) is 6.02. The Bertz CT molecular complexity index is 647. The van der Waals surface area contributed by atoms with Crippen LogP contribution >= 0.6 is 11.3 Å². The van der Waals surface area contributed by atoms with Crippen LogP contribution in [0.5, 0.6) is 0 Å². The Kier molecular flexibility index (Phi) is 3.31. The minimum atomic E-state index is -0.0608.